The van der Waals surface area contributed by atoms with Crippen molar-refractivity contribution in [3.05, 3.63) is 29.3 Å². The molecule has 108 valence electrons. The predicted molar refractivity (Wildman–Crippen MR) is 63.2 cm³/mol. The van der Waals surface area contributed by atoms with Gasteiger partial charge in [-0.05, 0) is 25.5 Å². The zero-order valence-corrected chi connectivity index (χ0v) is 11.1. The van der Waals surface area contributed by atoms with Crippen LogP contribution in [0, 0.1) is 13.8 Å². The van der Waals surface area contributed by atoms with Gasteiger partial charge in [0.05, 0.1) is 4.90 Å². The quantitative estimate of drug-likeness (QED) is 0.885. The highest BCUT2D eigenvalue weighted by Gasteiger charge is 2.38. The van der Waals surface area contributed by atoms with E-state index < -0.39 is 28.8 Å². The molecule has 0 bridgehead atoms. The highest BCUT2D eigenvalue weighted by molar-refractivity contribution is 7.89. The normalized spacial score (nSPS) is 14.4. The van der Waals surface area contributed by atoms with Gasteiger partial charge in [0.25, 0.3) is 0 Å². The lowest BCUT2D eigenvalue weighted by Crippen LogP contribution is -2.40. The van der Waals surface area contributed by atoms with E-state index >= 15 is 0 Å². The average molecular weight is 297 g/mol. The van der Waals surface area contributed by atoms with Crippen molar-refractivity contribution in [2.75, 3.05) is 6.54 Å². The number of benzene rings is 1. The number of aryl methyl sites for hydroxylation is 2. The topological polar surface area (TPSA) is 66.4 Å². The van der Waals surface area contributed by atoms with Crippen LogP contribution >= 0.6 is 0 Å². The average Bonchev–Trinajstić information content (AvgIpc) is 2.24. The van der Waals surface area contributed by atoms with Crippen molar-refractivity contribution in [1.29, 1.82) is 0 Å². The van der Waals surface area contributed by atoms with Crippen molar-refractivity contribution in [2.24, 2.45) is 0 Å². The van der Waals surface area contributed by atoms with Crippen molar-refractivity contribution in [3.63, 3.8) is 0 Å². The minimum absolute atomic E-state index is 0.104. The minimum Gasteiger partial charge on any atom is -0.382 e. The van der Waals surface area contributed by atoms with Crippen LogP contribution in [0.1, 0.15) is 11.1 Å². The Morgan fingerprint density at radius 3 is 2.37 bits per heavy atom. The number of alkyl halides is 3. The highest BCUT2D eigenvalue weighted by atomic mass is 32.2. The van der Waals surface area contributed by atoms with Gasteiger partial charge in [-0.15, -0.1) is 0 Å². The van der Waals surface area contributed by atoms with Gasteiger partial charge in [-0.1, -0.05) is 17.7 Å². The highest BCUT2D eigenvalue weighted by Crippen LogP contribution is 2.20. The summed E-state index contributed by atoms with van der Waals surface area (Å²) in [6.07, 6.45) is -7.58. The van der Waals surface area contributed by atoms with E-state index in [4.69, 9.17) is 5.11 Å². The second-order valence-corrected chi connectivity index (χ2v) is 5.91. The molecule has 1 aromatic carbocycles. The molecule has 1 atom stereocenters. The van der Waals surface area contributed by atoms with Gasteiger partial charge in [-0.25, -0.2) is 13.1 Å². The molecule has 0 radical (unpaired) electrons. The standard InChI is InChI=1S/C11H14F3NO3S/c1-7-3-4-9(8(2)5-7)19(17,18)15-6-10(16)11(12,13)14/h3-5,10,15-16H,6H2,1-2H3. The number of nitrogens with one attached hydrogen (secondary N) is 1. The number of hydrogen-bond acceptors (Lipinski definition) is 3. The molecule has 1 unspecified atom stereocenters. The second kappa shape index (κ2) is 5.48. The number of aliphatic hydroxyl groups excluding tert-OH is 1. The van der Waals surface area contributed by atoms with Gasteiger partial charge in [-0.2, -0.15) is 13.2 Å². The SMILES string of the molecule is Cc1ccc(S(=O)(=O)NCC(O)C(F)(F)F)c(C)c1. The van der Waals surface area contributed by atoms with Gasteiger partial charge >= 0.3 is 6.18 Å². The fourth-order valence-electron chi connectivity index (χ4n) is 1.48. The molecule has 0 heterocycles. The molecule has 0 saturated heterocycles. The molecular formula is C11H14F3NO3S. The number of halogens is 3. The first-order valence-electron chi connectivity index (χ1n) is 5.36. The van der Waals surface area contributed by atoms with Crippen molar-refractivity contribution in [2.45, 2.75) is 31.0 Å². The summed E-state index contributed by atoms with van der Waals surface area (Å²) in [6.45, 7) is 2.20. The third-order valence-corrected chi connectivity index (χ3v) is 4.05. The summed E-state index contributed by atoms with van der Waals surface area (Å²) in [4.78, 5) is -0.104. The van der Waals surface area contributed by atoms with Gasteiger partial charge in [0, 0.05) is 6.54 Å². The monoisotopic (exact) mass is 297 g/mol. The van der Waals surface area contributed by atoms with Crippen molar-refractivity contribution >= 4 is 10.0 Å². The van der Waals surface area contributed by atoms with E-state index in [1.54, 1.807) is 30.7 Å². The first-order chi connectivity index (χ1) is 8.54. The summed E-state index contributed by atoms with van der Waals surface area (Å²) in [7, 11) is -4.07. The molecule has 1 aromatic rings. The fourth-order valence-corrected chi connectivity index (χ4v) is 2.75. The lowest BCUT2D eigenvalue weighted by atomic mass is 10.2. The van der Waals surface area contributed by atoms with E-state index in [-0.39, 0.29) is 4.90 Å². The molecule has 0 aromatic heterocycles. The van der Waals surface area contributed by atoms with Gasteiger partial charge in [0.1, 0.15) is 0 Å². The summed E-state index contributed by atoms with van der Waals surface area (Å²) in [6, 6.07) is 4.46. The lowest BCUT2D eigenvalue weighted by molar-refractivity contribution is -0.200. The van der Waals surface area contributed by atoms with Crippen LogP contribution in [-0.2, 0) is 10.0 Å². The van der Waals surface area contributed by atoms with Gasteiger partial charge < -0.3 is 5.11 Å². The first kappa shape index (κ1) is 15.9. The Labute approximate surface area is 109 Å². The molecule has 0 spiro atoms. The maximum atomic E-state index is 12.1. The van der Waals surface area contributed by atoms with E-state index in [1.807, 2.05) is 0 Å². The van der Waals surface area contributed by atoms with Crippen LogP contribution in [0.4, 0.5) is 13.2 Å². The summed E-state index contributed by atoms with van der Waals surface area (Å²) in [5.74, 6) is 0. The first-order valence-corrected chi connectivity index (χ1v) is 6.84. The largest absolute Gasteiger partial charge is 0.415 e. The maximum Gasteiger partial charge on any atom is 0.415 e. The summed E-state index contributed by atoms with van der Waals surface area (Å²) in [5, 5.41) is 8.76. The van der Waals surface area contributed by atoms with Crippen LogP contribution in [0.15, 0.2) is 23.1 Å². The molecular weight excluding hydrogens is 283 g/mol. The smallest absolute Gasteiger partial charge is 0.382 e. The van der Waals surface area contributed by atoms with Crippen molar-refractivity contribution in [1.82, 2.24) is 4.72 Å². The van der Waals surface area contributed by atoms with Crippen molar-refractivity contribution in [3.8, 4) is 0 Å². The third kappa shape index (κ3) is 4.19. The number of rotatable bonds is 4. The molecule has 8 heteroatoms. The van der Waals surface area contributed by atoms with E-state index in [1.165, 1.54) is 6.07 Å². The predicted octanol–water partition coefficient (Wildman–Crippen LogP) is 1.50. The van der Waals surface area contributed by atoms with E-state index in [0.717, 1.165) is 5.56 Å². The van der Waals surface area contributed by atoms with Crippen LogP contribution in [0.2, 0.25) is 0 Å². The zero-order valence-electron chi connectivity index (χ0n) is 10.3. The van der Waals surface area contributed by atoms with Crippen LogP contribution in [-0.4, -0.2) is 32.3 Å². The second-order valence-electron chi connectivity index (χ2n) is 4.18. The molecule has 1 rings (SSSR count). The molecule has 0 aliphatic carbocycles. The Hall–Kier alpha value is -1.12. The Kier molecular flexibility index (Phi) is 4.59. The minimum atomic E-state index is -4.86. The Morgan fingerprint density at radius 2 is 1.89 bits per heavy atom. The summed E-state index contributed by atoms with van der Waals surface area (Å²) in [5.41, 5.74) is 1.26. The van der Waals surface area contributed by atoms with E-state index in [9.17, 15) is 21.6 Å². The Balaban J connectivity index is 2.88. The van der Waals surface area contributed by atoms with Crippen LogP contribution in [0.5, 0.6) is 0 Å². The molecule has 0 aliphatic heterocycles. The molecule has 19 heavy (non-hydrogen) atoms. The van der Waals surface area contributed by atoms with Gasteiger partial charge in [-0.3, -0.25) is 0 Å². The van der Waals surface area contributed by atoms with E-state index in [2.05, 4.69) is 0 Å². The van der Waals surface area contributed by atoms with Crippen LogP contribution in [0.25, 0.3) is 0 Å². The third-order valence-electron chi connectivity index (χ3n) is 2.46. The number of hydrogen-bond donors (Lipinski definition) is 2. The molecule has 0 amide bonds. The van der Waals surface area contributed by atoms with Crippen LogP contribution < -0.4 is 4.72 Å². The molecule has 0 saturated carbocycles. The zero-order chi connectivity index (χ0) is 14.8. The lowest BCUT2D eigenvalue weighted by Gasteiger charge is -2.16. The fraction of sp³-hybridized carbons (Fsp3) is 0.455. The van der Waals surface area contributed by atoms with E-state index in [0.29, 0.717) is 5.56 Å². The summed E-state index contributed by atoms with van der Waals surface area (Å²) < 4.78 is 61.6. The van der Waals surface area contributed by atoms with Gasteiger partial charge in [0.2, 0.25) is 10.0 Å². The van der Waals surface area contributed by atoms with Gasteiger partial charge in [0.15, 0.2) is 6.10 Å². The Bertz CT molecular complexity index is 555. The summed E-state index contributed by atoms with van der Waals surface area (Å²) >= 11 is 0. The Morgan fingerprint density at radius 1 is 1.32 bits per heavy atom. The molecule has 0 fully saturated rings. The molecule has 0 aliphatic rings. The van der Waals surface area contributed by atoms with Crippen LogP contribution in [0.3, 0.4) is 0 Å². The number of aliphatic hydroxyl groups is 1. The molecule has 4 nitrogen and oxygen atoms in total. The molecule has 2 N–H and O–H groups in total. The van der Waals surface area contributed by atoms with Crippen molar-refractivity contribution < 1.29 is 26.7 Å². The number of sulfonamides is 1. The maximum absolute atomic E-state index is 12.1.